The molecule has 3 heteroatoms. The summed E-state index contributed by atoms with van der Waals surface area (Å²) in [6.07, 6.45) is 4.40. The van der Waals surface area contributed by atoms with Crippen molar-refractivity contribution in [2.24, 2.45) is 22.7 Å². The fraction of sp³-hybridized carbons (Fsp3) is 0.941. The molecule has 4 atom stereocenters. The highest BCUT2D eigenvalue weighted by Gasteiger charge is 2.58. The Balaban J connectivity index is 1.73. The average Bonchev–Trinajstić information content (AvgIpc) is 2.88. The smallest absolute Gasteiger partial charge is 0.163 e. The van der Waals surface area contributed by atoms with E-state index < -0.39 is 5.79 Å². The van der Waals surface area contributed by atoms with Crippen molar-refractivity contribution in [3.05, 3.63) is 0 Å². The normalized spacial score (nSPS) is 45.9. The van der Waals surface area contributed by atoms with Gasteiger partial charge in [0.15, 0.2) is 5.79 Å². The molecular weight excluding hydrogens is 252 g/mol. The lowest BCUT2D eigenvalue weighted by Crippen LogP contribution is -2.31. The van der Waals surface area contributed by atoms with E-state index in [0.717, 1.165) is 12.8 Å². The van der Waals surface area contributed by atoms with Gasteiger partial charge in [-0.2, -0.15) is 0 Å². The molecule has 1 heterocycles. The standard InChI is InChI=1S/C17H28O3/c1-15(2)12-6-7-17(5,13(12)8-14(15)18)9-11-10-19-16(3,4)20-11/h11-13H,6-10H2,1-5H3/t11-,12+,13-,17+/m0/s1. The maximum absolute atomic E-state index is 12.3. The lowest BCUT2D eigenvalue weighted by molar-refractivity contribution is -0.142. The molecule has 1 saturated heterocycles. The molecule has 0 radical (unpaired) electrons. The van der Waals surface area contributed by atoms with Crippen LogP contribution in [0.15, 0.2) is 0 Å². The largest absolute Gasteiger partial charge is 0.348 e. The third-order valence-electron chi connectivity index (χ3n) is 6.22. The second-order valence-electron chi connectivity index (χ2n) is 8.41. The van der Waals surface area contributed by atoms with Gasteiger partial charge in [0.25, 0.3) is 0 Å². The molecule has 3 rings (SSSR count). The Kier molecular flexibility index (Phi) is 3.12. The van der Waals surface area contributed by atoms with Crippen LogP contribution in [0.5, 0.6) is 0 Å². The van der Waals surface area contributed by atoms with E-state index in [1.54, 1.807) is 0 Å². The van der Waals surface area contributed by atoms with Gasteiger partial charge in [-0.05, 0) is 50.4 Å². The fourth-order valence-corrected chi connectivity index (χ4v) is 4.92. The number of carbonyl (C=O) groups excluding carboxylic acids is 1. The maximum Gasteiger partial charge on any atom is 0.163 e. The first-order valence-corrected chi connectivity index (χ1v) is 7.99. The highest BCUT2D eigenvalue weighted by atomic mass is 16.7. The molecule has 20 heavy (non-hydrogen) atoms. The minimum absolute atomic E-state index is 0.116. The summed E-state index contributed by atoms with van der Waals surface area (Å²) in [6, 6.07) is 0. The minimum Gasteiger partial charge on any atom is -0.348 e. The number of hydrogen-bond donors (Lipinski definition) is 0. The number of carbonyl (C=O) groups is 1. The van der Waals surface area contributed by atoms with Gasteiger partial charge < -0.3 is 9.47 Å². The number of hydrogen-bond acceptors (Lipinski definition) is 3. The minimum atomic E-state index is -0.441. The van der Waals surface area contributed by atoms with Gasteiger partial charge in [-0.3, -0.25) is 4.79 Å². The van der Waals surface area contributed by atoms with Crippen LogP contribution in [0.1, 0.15) is 60.3 Å². The lowest BCUT2D eigenvalue weighted by atomic mass is 9.72. The van der Waals surface area contributed by atoms with E-state index in [1.165, 1.54) is 12.8 Å². The van der Waals surface area contributed by atoms with E-state index in [4.69, 9.17) is 9.47 Å². The first kappa shape index (κ1) is 14.5. The van der Waals surface area contributed by atoms with Gasteiger partial charge in [0.2, 0.25) is 0 Å². The number of rotatable bonds is 2. The molecule has 0 amide bonds. The van der Waals surface area contributed by atoms with E-state index in [9.17, 15) is 4.79 Å². The summed E-state index contributed by atoms with van der Waals surface area (Å²) in [7, 11) is 0. The number of Topliss-reactive ketones (excluding diaryl/α,β-unsaturated/α-hetero) is 1. The third kappa shape index (κ3) is 2.14. The van der Waals surface area contributed by atoms with Gasteiger partial charge in [0.1, 0.15) is 5.78 Å². The van der Waals surface area contributed by atoms with Crippen LogP contribution in [0.2, 0.25) is 0 Å². The van der Waals surface area contributed by atoms with Gasteiger partial charge in [-0.25, -0.2) is 0 Å². The summed E-state index contributed by atoms with van der Waals surface area (Å²) in [5, 5.41) is 0. The predicted molar refractivity (Wildman–Crippen MR) is 77.2 cm³/mol. The van der Waals surface area contributed by atoms with Crippen LogP contribution < -0.4 is 0 Å². The molecule has 3 fully saturated rings. The topological polar surface area (TPSA) is 35.5 Å². The van der Waals surface area contributed by atoms with E-state index in [0.29, 0.717) is 24.2 Å². The van der Waals surface area contributed by atoms with Crippen LogP contribution in [0.25, 0.3) is 0 Å². The molecule has 0 aromatic carbocycles. The first-order chi connectivity index (χ1) is 9.14. The van der Waals surface area contributed by atoms with Crippen LogP contribution in [0.4, 0.5) is 0 Å². The summed E-state index contributed by atoms with van der Waals surface area (Å²) in [4.78, 5) is 12.3. The highest BCUT2D eigenvalue weighted by molar-refractivity contribution is 5.87. The summed E-state index contributed by atoms with van der Waals surface area (Å²) in [5.74, 6) is 1.12. The Morgan fingerprint density at radius 3 is 2.45 bits per heavy atom. The SMILES string of the molecule is CC1(C)OC[C@H](C[C@@]2(C)CC[C@@H]3[C@@H]2CC(=O)C3(C)C)O1. The number of fused-ring (bicyclic) bond motifs is 1. The van der Waals surface area contributed by atoms with Crippen LogP contribution in [0, 0.1) is 22.7 Å². The van der Waals surface area contributed by atoms with Crippen LogP contribution in [0.3, 0.4) is 0 Å². The van der Waals surface area contributed by atoms with Crippen molar-refractivity contribution in [2.75, 3.05) is 6.61 Å². The molecule has 3 aliphatic rings. The second-order valence-corrected chi connectivity index (χ2v) is 8.41. The van der Waals surface area contributed by atoms with Crippen LogP contribution in [-0.2, 0) is 14.3 Å². The van der Waals surface area contributed by atoms with E-state index in [2.05, 4.69) is 20.8 Å². The van der Waals surface area contributed by atoms with Crippen molar-refractivity contribution in [1.29, 1.82) is 0 Å². The Labute approximate surface area is 122 Å². The third-order valence-corrected chi connectivity index (χ3v) is 6.22. The second kappa shape index (κ2) is 4.30. The Hall–Kier alpha value is -0.410. The van der Waals surface area contributed by atoms with Crippen LogP contribution in [-0.4, -0.2) is 24.3 Å². The molecule has 0 aromatic heterocycles. The molecule has 3 nitrogen and oxygen atoms in total. The van der Waals surface area contributed by atoms with Crippen LogP contribution >= 0.6 is 0 Å². The molecule has 2 saturated carbocycles. The number of ketones is 1. The van der Waals surface area contributed by atoms with Gasteiger partial charge in [-0.1, -0.05) is 20.8 Å². The van der Waals surface area contributed by atoms with E-state index in [1.807, 2.05) is 13.8 Å². The molecule has 0 bridgehead atoms. The van der Waals surface area contributed by atoms with Gasteiger partial charge >= 0.3 is 0 Å². The maximum atomic E-state index is 12.3. The average molecular weight is 280 g/mol. The molecule has 0 spiro atoms. The van der Waals surface area contributed by atoms with Crippen molar-refractivity contribution >= 4 is 5.78 Å². The Morgan fingerprint density at radius 1 is 1.15 bits per heavy atom. The molecule has 2 aliphatic carbocycles. The van der Waals surface area contributed by atoms with Crippen molar-refractivity contribution < 1.29 is 14.3 Å². The van der Waals surface area contributed by atoms with E-state index in [-0.39, 0.29) is 16.9 Å². The van der Waals surface area contributed by atoms with Crippen molar-refractivity contribution in [2.45, 2.75) is 72.2 Å². The summed E-state index contributed by atoms with van der Waals surface area (Å²) in [6.45, 7) is 11.3. The van der Waals surface area contributed by atoms with E-state index >= 15 is 0 Å². The molecule has 0 unspecified atom stereocenters. The summed E-state index contributed by atoms with van der Waals surface area (Å²) in [5.41, 5.74) is 0.122. The zero-order valence-corrected chi connectivity index (χ0v) is 13.5. The summed E-state index contributed by atoms with van der Waals surface area (Å²) < 4.78 is 11.7. The first-order valence-electron chi connectivity index (χ1n) is 7.99. The molecule has 1 aliphatic heterocycles. The van der Waals surface area contributed by atoms with Gasteiger partial charge in [0.05, 0.1) is 12.7 Å². The predicted octanol–water partition coefficient (Wildman–Crippen LogP) is 3.56. The number of ether oxygens (including phenoxy) is 2. The monoisotopic (exact) mass is 280 g/mol. The zero-order chi connectivity index (χ0) is 14.8. The van der Waals surface area contributed by atoms with Gasteiger partial charge in [-0.15, -0.1) is 0 Å². The highest BCUT2D eigenvalue weighted by Crippen LogP contribution is 2.61. The lowest BCUT2D eigenvalue weighted by Gasteiger charge is -2.34. The zero-order valence-electron chi connectivity index (χ0n) is 13.5. The van der Waals surface area contributed by atoms with Gasteiger partial charge in [0, 0.05) is 11.8 Å². The Bertz CT molecular complexity index is 426. The van der Waals surface area contributed by atoms with Crippen molar-refractivity contribution in [1.82, 2.24) is 0 Å². The molecule has 0 aromatic rings. The quantitative estimate of drug-likeness (QED) is 0.776. The Morgan fingerprint density at radius 2 is 1.85 bits per heavy atom. The summed E-state index contributed by atoms with van der Waals surface area (Å²) >= 11 is 0. The molecular formula is C17H28O3. The fourth-order valence-electron chi connectivity index (χ4n) is 4.92. The van der Waals surface area contributed by atoms with Crippen molar-refractivity contribution in [3.8, 4) is 0 Å². The van der Waals surface area contributed by atoms with Crippen molar-refractivity contribution in [3.63, 3.8) is 0 Å². The molecule has 114 valence electrons. The molecule has 0 N–H and O–H groups in total.